The summed E-state index contributed by atoms with van der Waals surface area (Å²) < 4.78 is 6.27. The first-order valence-corrected chi connectivity index (χ1v) is 12.7. The molecule has 0 radical (unpaired) electrons. The van der Waals surface area contributed by atoms with Gasteiger partial charge in [0.05, 0.1) is 28.7 Å². The molecule has 0 saturated carbocycles. The fourth-order valence-electron chi connectivity index (χ4n) is 5.92. The molecule has 3 nitrogen and oxygen atoms in total. The Morgan fingerprint density at radius 3 is 1.79 bits per heavy atom. The number of anilines is 3. The largest absolute Gasteiger partial charge is 0.453 e. The van der Waals surface area contributed by atoms with Gasteiger partial charge < -0.3 is 9.64 Å². The van der Waals surface area contributed by atoms with E-state index >= 15 is 0 Å². The van der Waals surface area contributed by atoms with Crippen LogP contribution >= 0.6 is 0 Å². The van der Waals surface area contributed by atoms with Crippen LogP contribution in [-0.2, 0) is 0 Å². The molecule has 7 aromatic rings. The Labute approximate surface area is 219 Å². The molecule has 176 valence electrons. The van der Waals surface area contributed by atoms with Gasteiger partial charge in [-0.2, -0.15) is 5.26 Å². The average molecular weight is 485 g/mol. The second-order valence-electron chi connectivity index (χ2n) is 9.68. The first kappa shape index (κ1) is 20.8. The van der Waals surface area contributed by atoms with Crippen molar-refractivity contribution in [3.05, 3.63) is 127 Å². The minimum atomic E-state index is 0.669. The highest BCUT2D eigenvalue weighted by atomic mass is 16.5. The van der Waals surface area contributed by atoms with Crippen molar-refractivity contribution in [2.24, 2.45) is 0 Å². The molecular weight excluding hydrogens is 464 g/mol. The van der Waals surface area contributed by atoms with Crippen LogP contribution in [0.3, 0.4) is 0 Å². The Morgan fingerprint density at radius 1 is 0.526 bits per heavy atom. The van der Waals surface area contributed by atoms with E-state index in [1.807, 2.05) is 48.5 Å². The molecule has 0 unspecified atom stereocenters. The van der Waals surface area contributed by atoms with E-state index in [2.05, 4.69) is 83.8 Å². The molecule has 0 fully saturated rings. The molecule has 38 heavy (non-hydrogen) atoms. The van der Waals surface area contributed by atoms with Gasteiger partial charge in [-0.25, -0.2) is 0 Å². The van der Waals surface area contributed by atoms with Gasteiger partial charge in [-0.05, 0) is 80.5 Å². The Morgan fingerprint density at radius 2 is 1.11 bits per heavy atom. The third kappa shape index (κ3) is 2.89. The highest BCUT2D eigenvalue weighted by Gasteiger charge is 2.27. The van der Waals surface area contributed by atoms with E-state index in [0.717, 1.165) is 34.1 Å². The van der Waals surface area contributed by atoms with Gasteiger partial charge in [0.25, 0.3) is 0 Å². The first-order valence-electron chi connectivity index (χ1n) is 12.7. The summed E-state index contributed by atoms with van der Waals surface area (Å²) in [5.41, 5.74) is 6.13. The molecule has 7 aromatic carbocycles. The quantitative estimate of drug-likeness (QED) is 0.229. The van der Waals surface area contributed by atoms with Crippen molar-refractivity contribution in [3.8, 4) is 28.7 Å². The third-order valence-electron chi connectivity index (χ3n) is 7.64. The van der Waals surface area contributed by atoms with Crippen molar-refractivity contribution < 1.29 is 4.74 Å². The number of ether oxygens (including phenoxy) is 1. The highest BCUT2D eigenvalue weighted by molar-refractivity contribution is 6.28. The Balaban J connectivity index is 1.43. The number of hydrogen-bond donors (Lipinski definition) is 0. The molecule has 0 aliphatic carbocycles. The van der Waals surface area contributed by atoms with Crippen LogP contribution in [0.15, 0.2) is 121 Å². The predicted molar refractivity (Wildman–Crippen MR) is 155 cm³/mol. The van der Waals surface area contributed by atoms with E-state index in [1.54, 1.807) is 0 Å². The lowest BCUT2D eigenvalue weighted by Gasteiger charge is -2.33. The lowest BCUT2D eigenvalue weighted by atomic mass is 9.89. The Bertz CT molecular complexity index is 2020. The van der Waals surface area contributed by atoms with Gasteiger partial charge in [0.2, 0.25) is 0 Å². The van der Waals surface area contributed by atoms with E-state index in [4.69, 9.17) is 4.74 Å². The summed E-state index contributed by atoms with van der Waals surface area (Å²) in [5, 5.41) is 16.6. The zero-order valence-electron chi connectivity index (χ0n) is 20.3. The van der Waals surface area contributed by atoms with Crippen LogP contribution in [0.1, 0.15) is 5.56 Å². The second kappa shape index (κ2) is 7.83. The standard InChI is InChI=1S/C35H20N2O/c36-21-22-9-11-23(12-10-22)26-17-13-24-15-19-28-29(20-16-25-14-18-27(26)34(24)35(25)28)37-30-5-1-3-7-32(30)38-33-8-4-2-6-31(33)37/h1-20H. The maximum absolute atomic E-state index is 9.25. The minimum Gasteiger partial charge on any atom is -0.453 e. The fourth-order valence-corrected chi connectivity index (χ4v) is 5.92. The van der Waals surface area contributed by atoms with E-state index in [0.29, 0.717) is 5.56 Å². The molecule has 0 bridgehead atoms. The van der Waals surface area contributed by atoms with Gasteiger partial charge in [0, 0.05) is 5.39 Å². The molecule has 1 heterocycles. The number of nitriles is 1. The molecular formula is C35H20N2O. The normalized spacial score (nSPS) is 12.3. The fraction of sp³-hybridized carbons (Fsp3) is 0. The lowest BCUT2D eigenvalue weighted by Crippen LogP contribution is -2.16. The molecule has 0 spiro atoms. The van der Waals surface area contributed by atoms with Crippen molar-refractivity contribution in [3.63, 3.8) is 0 Å². The number of benzene rings is 7. The minimum absolute atomic E-state index is 0.669. The summed E-state index contributed by atoms with van der Waals surface area (Å²) in [6.07, 6.45) is 0. The first-order chi connectivity index (χ1) is 18.8. The van der Waals surface area contributed by atoms with Crippen molar-refractivity contribution in [2.75, 3.05) is 4.90 Å². The van der Waals surface area contributed by atoms with E-state index < -0.39 is 0 Å². The van der Waals surface area contributed by atoms with Crippen molar-refractivity contribution in [1.29, 1.82) is 5.26 Å². The summed E-state index contributed by atoms with van der Waals surface area (Å²) in [7, 11) is 0. The monoisotopic (exact) mass is 484 g/mol. The van der Waals surface area contributed by atoms with Gasteiger partial charge in [-0.3, -0.25) is 0 Å². The highest BCUT2D eigenvalue weighted by Crippen LogP contribution is 2.52. The summed E-state index contributed by atoms with van der Waals surface area (Å²) in [5.74, 6) is 1.69. The van der Waals surface area contributed by atoms with Crippen LogP contribution in [0, 0.1) is 11.3 Å². The maximum Gasteiger partial charge on any atom is 0.151 e. The third-order valence-corrected chi connectivity index (χ3v) is 7.64. The van der Waals surface area contributed by atoms with Crippen molar-refractivity contribution >= 4 is 49.4 Å². The van der Waals surface area contributed by atoms with Crippen molar-refractivity contribution in [2.45, 2.75) is 0 Å². The second-order valence-corrected chi connectivity index (χ2v) is 9.68. The average Bonchev–Trinajstić information content (AvgIpc) is 2.98. The number of hydrogen-bond acceptors (Lipinski definition) is 3. The Kier molecular flexibility index (Phi) is 4.29. The maximum atomic E-state index is 9.25. The van der Waals surface area contributed by atoms with Crippen LogP contribution in [0.25, 0.3) is 43.4 Å². The molecule has 0 amide bonds. The Hall–Kier alpha value is -5.33. The molecule has 1 aliphatic rings. The summed E-state index contributed by atoms with van der Waals surface area (Å²) in [6.45, 7) is 0. The zero-order chi connectivity index (χ0) is 25.2. The zero-order valence-corrected chi connectivity index (χ0v) is 20.3. The smallest absolute Gasteiger partial charge is 0.151 e. The molecule has 0 aromatic heterocycles. The van der Waals surface area contributed by atoms with Gasteiger partial charge in [0.15, 0.2) is 11.5 Å². The van der Waals surface area contributed by atoms with Gasteiger partial charge in [-0.15, -0.1) is 0 Å². The van der Waals surface area contributed by atoms with Crippen molar-refractivity contribution in [1.82, 2.24) is 0 Å². The topological polar surface area (TPSA) is 36.3 Å². The van der Waals surface area contributed by atoms with E-state index in [1.165, 1.54) is 37.9 Å². The number of para-hydroxylation sites is 4. The van der Waals surface area contributed by atoms with Gasteiger partial charge >= 0.3 is 0 Å². The lowest BCUT2D eigenvalue weighted by molar-refractivity contribution is 0.477. The van der Waals surface area contributed by atoms with Gasteiger partial charge in [-0.1, -0.05) is 78.9 Å². The van der Waals surface area contributed by atoms with Crippen LogP contribution < -0.4 is 9.64 Å². The number of fused-ring (bicyclic) bond motifs is 2. The molecule has 0 atom stereocenters. The predicted octanol–water partition coefficient (Wildman–Crippen LogP) is 9.70. The van der Waals surface area contributed by atoms with Crippen LogP contribution in [0.5, 0.6) is 11.5 Å². The van der Waals surface area contributed by atoms with E-state index in [-0.39, 0.29) is 0 Å². The molecule has 8 rings (SSSR count). The van der Waals surface area contributed by atoms with Crippen LogP contribution in [-0.4, -0.2) is 0 Å². The number of rotatable bonds is 2. The number of nitrogens with zero attached hydrogens (tertiary/aromatic N) is 2. The van der Waals surface area contributed by atoms with Crippen LogP contribution in [0.2, 0.25) is 0 Å². The summed E-state index contributed by atoms with van der Waals surface area (Å²) in [4.78, 5) is 2.32. The summed E-state index contributed by atoms with van der Waals surface area (Å²) >= 11 is 0. The molecule has 0 N–H and O–H groups in total. The van der Waals surface area contributed by atoms with Gasteiger partial charge in [0.1, 0.15) is 0 Å². The SMILES string of the molecule is N#Cc1ccc(-c2ccc3ccc4c(N5c6ccccc6Oc6ccccc65)ccc5ccc2c3c54)cc1. The van der Waals surface area contributed by atoms with Crippen LogP contribution in [0.4, 0.5) is 17.1 Å². The van der Waals surface area contributed by atoms with E-state index in [9.17, 15) is 5.26 Å². The molecule has 0 saturated heterocycles. The summed E-state index contributed by atoms with van der Waals surface area (Å²) in [6, 6.07) is 44.3. The molecule has 3 heteroatoms. The molecule has 1 aliphatic heterocycles.